The highest BCUT2D eigenvalue weighted by atomic mass is 127. The van der Waals surface area contributed by atoms with E-state index >= 15 is 0 Å². The predicted molar refractivity (Wildman–Crippen MR) is 66.0 cm³/mol. The number of halogens is 4. The number of hydrogen-bond acceptors (Lipinski definition) is 2. The van der Waals surface area contributed by atoms with Gasteiger partial charge in [-0.2, -0.15) is 0 Å². The third kappa shape index (κ3) is 3.47. The summed E-state index contributed by atoms with van der Waals surface area (Å²) in [6, 6.07) is 1.37. The Balaban J connectivity index is 3.26. The standard InChI is InChI=1S/C8H5F2I2NO2/c9-7(10)6-3(2-5(14)15)1-4(11)13-8(6)12/h1,7H,2H2,(H,14,15). The van der Waals surface area contributed by atoms with Crippen LogP contribution >= 0.6 is 45.2 Å². The van der Waals surface area contributed by atoms with E-state index in [1.165, 1.54) is 6.07 Å². The van der Waals surface area contributed by atoms with Crippen molar-refractivity contribution in [2.75, 3.05) is 0 Å². The van der Waals surface area contributed by atoms with Crippen molar-refractivity contribution in [3.8, 4) is 0 Å². The molecule has 1 heterocycles. The monoisotopic (exact) mass is 439 g/mol. The second-order valence-corrected chi connectivity index (χ2v) is 4.81. The lowest BCUT2D eigenvalue weighted by atomic mass is 10.1. The van der Waals surface area contributed by atoms with E-state index < -0.39 is 18.8 Å². The van der Waals surface area contributed by atoms with Gasteiger partial charge in [-0.1, -0.05) is 0 Å². The topological polar surface area (TPSA) is 50.2 Å². The average Bonchev–Trinajstić information content (AvgIpc) is 1.99. The van der Waals surface area contributed by atoms with Crippen LogP contribution in [0.25, 0.3) is 0 Å². The van der Waals surface area contributed by atoms with Gasteiger partial charge in [0.25, 0.3) is 6.43 Å². The molecule has 7 heteroatoms. The number of rotatable bonds is 3. The summed E-state index contributed by atoms with van der Waals surface area (Å²) in [5.74, 6) is -1.13. The van der Waals surface area contributed by atoms with Gasteiger partial charge in [0, 0.05) is 0 Å². The Labute approximate surface area is 112 Å². The number of nitrogens with zero attached hydrogens (tertiary/aromatic N) is 1. The molecular weight excluding hydrogens is 434 g/mol. The molecule has 15 heavy (non-hydrogen) atoms. The van der Waals surface area contributed by atoms with E-state index in [-0.39, 0.29) is 14.8 Å². The molecule has 1 aromatic rings. The van der Waals surface area contributed by atoms with E-state index in [0.29, 0.717) is 3.70 Å². The van der Waals surface area contributed by atoms with Crippen molar-refractivity contribution in [3.05, 3.63) is 24.6 Å². The number of alkyl halides is 2. The van der Waals surface area contributed by atoms with Crippen molar-refractivity contribution in [1.82, 2.24) is 4.98 Å². The Bertz CT molecular complexity index is 398. The van der Waals surface area contributed by atoms with E-state index in [0.717, 1.165) is 0 Å². The molecule has 0 bridgehead atoms. The van der Waals surface area contributed by atoms with Crippen LogP contribution in [0.5, 0.6) is 0 Å². The van der Waals surface area contributed by atoms with E-state index in [2.05, 4.69) is 4.98 Å². The van der Waals surface area contributed by atoms with Gasteiger partial charge < -0.3 is 5.11 Å². The van der Waals surface area contributed by atoms with Crippen LogP contribution in [-0.2, 0) is 11.2 Å². The maximum absolute atomic E-state index is 12.6. The van der Waals surface area contributed by atoms with Crippen molar-refractivity contribution in [2.45, 2.75) is 12.8 Å². The number of carbonyl (C=O) groups is 1. The molecule has 3 nitrogen and oxygen atoms in total. The predicted octanol–water partition coefficient (Wildman–Crippen LogP) is 2.86. The molecule has 0 aromatic carbocycles. The van der Waals surface area contributed by atoms with Gasteiger partial charge in [-0.15, -0.1) is 0 Å². The first-order valence-corrected chi connectivity index (χ1v) is 5.92. The first-order chi connectivity index (χ1) is 6.91. The Morgan fingerprint density at radius 1 is 1.53 bits per heavy atom. The minimum absolute atomic E-state index is 0.126. The van der Waals surface area contributed by atoms with Crippen molar-refractivity contribution in [1.29, 1.82) is 0 Å². The fourth-order valence-electron chi connectivity index (χ4n) is 1.08. The fourth-order valence-corrected chi connectivity index (χ4v) is 3.00. The molecule has 0 aliphatic carbocycles. The number of aliphatic carboxylic acids is 1. The molecule has 0 amide bonds. The van der Waals surface area contributed by atoms with Gasteiger partial charge in [-0.3, -0.25) is 4.79 Å². The lowest BCUT2D eigenvalue weighted by Gasteiger charge is -2.09. The molecule has 0 aliphatic rings. The summed E-state index contributed by atoms with van der Waals surface area (Å²) in [6.45, 7) is 0. The summed E-state index contributed by atoms with van der Waals surface area (Å²) in [6.07, 6.45) is -3.11. The number of carboxylic acid groups (broad SMARTS) is 1. The zero-order valence-corrected chi connectivity index (χ0v) is 11.5. The third-order valence-electron chi connectivity index (χ3n) is 1.63. The van der Waals surface area contributed by atoms with Crippen LogP contribution in [0.4, 0.5) is 8.78 Å². The van der Waals surface area contributed by atoms with E-state index in [4.69, 9.17) is 5.11 Å². The summed E-state index contributed by atoms with van der Waals surface area (Å²) >= 11 is 3.55. The quantitative estimate of drug-likeness (QED) is 0.583. The Morgan fingerprint density at radius 2 is 2.13 bits per heavy atom. The molecule has 1 aromatic heterocycles. The molecule has 1 rings (SSSR count). The smallest absolute Gasteiger partial charge is 0.307 e. The van der Waals surface area contributed by atoms with E-state index in [1.807, 2.05) is 22.6 Å². The summed E-state index contributed by atoms with van der Waals surface area (Å²) in [5.41, 5.74) is -0.153. The molecule has 0 radical (unpaired) electrons. The second-order valence-electron chi connectivity index (χ2n) is 2.68. The fraction of sp³-hybridized carbons (Fsp3) is 0.250. The molecule has 0 unspecified atom stereocenters. The maximum atomic E-state index is 12.6. The minimum Gasteiger partial charge on any atom is -0.481 e. The van der Waals surface area contributed by atoms with Gasteiger partial charge in [0.05, 0.1) is 12.0 Å². The summed E-state index contributed by atoms with van der Waals surface area (Å²) in [4.78, 5) is 14.4. The molecule has 0 fully saturated rings. The summed E-state index contributed by atoms with van der Waals surface area (Å²) in [7, 11) is 0. The number of pyridine rings is 1. The highest BCUT2D eigenvalue weighted by Gasteiger charge is 2.20. The molecule has 82 valence electrons. The minimum atomic E-state index is -2.70. The van der Waals surface area contributed by atoms with Crippen LogP contribution in [0.1, 0.15) is 17.6 Å². The second kappa shape index (κ2) is 5.32. The van der Waals surface area contributed by atoms with Crippen molar-refractivity contribution >= 4 is 51.2 Å². The number of carboxylic acids is 1. The summed E-state index contributed by atoms with van der Waals surface area (Å²) in [5, 5.41) is 8.58. The first-order valence-electron chi connectivity index (χ1n) is 3.76. The number of hydrogen-bond donors (Lipinski definition) is 1. The van der Waals surface area contributed by atoms with Crippen LogP contribution in [0.15, 0.2) is 6.07 Å². The molecular formula is C8H5F2I2NO2. The SMILES string of the molecule is O=C(O)Cc1cc(I)nc(I)c1C(F)F. The van der Waals surface area contributed by atoms with Crippen LogP contribution < -0.4 is 0 Å². The zero-order chi connectivity index (χ0) is 11.6. The highest BCUT2D eigenvalue weighted by Crippen LogP contribution is 2.28. The Kier molecular flexibility index (Phi) is 4.62. The molecule has 0 saturated carbocycles. The number of aromatic nitrogens is 1. The average molecular weight is 439 g/mol. The van der Waals surface area contributed by atoms with Crippen LogP contribution in [0, 0.1) is 7.40 Å². The van der Waals surface area contributed by atoms with E-state index in [9.17, 15) is 13.6 Å². The van der Waals surface area contributed by atoms with Gasteiger partial charge >= 0.3 is 5.97 Å². The van der Waals surface area contributed by atoms with Crippen LogP contribution in [0.2, 0.25) is 0 Å². The lowest BCUT2D eigenvalue weighted by Crippen LogP contribution is -2.08. The van der Waals surface area contributed by atoms with Gasteiger partial charge in [0.15, 0.2) is 0 Å². The maximum Gasteiger partial charge on any atom is 0.307 e. The largest absolute Gasteiger partial charge is 0.481 e. The third-order valence-corrected chi connectivity index (χ3v) is 3.00. The van der Waals surface area contributed by atoms with Gasteiger partial charge in [0.2, 0.25) is 0 Å². The van der Waals surface area contributed by atoms with Crippen LogP contribution in [0.3, 0.4) is 0 Å². The van der Waals surface area contributed by atoms with Crippen molar-refractivity contribution in [3.63, 3.8) is 0 Å². The molecule has 1 N–H and O–H groups in total. The normalized spacial score (nSPS) is 10.7. The summed E-state index contributed by atoms with van der Waals surface area (Å²) < 4.78 is 25.9. The Morgan fingerprint density at radius 3 is 2.60 bits per heavy atom. The lowest BCUT2D eigenvalue weighted by molar-refractivity contribution is -0.136. The van der Waals surface area contributed by atoms with Crippen molar-refractivity contribution in [2.24, 2.45) is 0 Å². The van der Waals surface area contributed by atoms with E-state index in [1.54, 1.807) is 22.6 Å². The molecule has 0 aliphatic heterocycles. The van der Waals surface area contributed by atoms with Crippen molar-refractivity contribution < 1.29 is 18.7 Å². The van der Waals surface area contributed by atoms with Crippen LogP contribution in [-0.4, -0.2) is 16.1 Å². The van der Waals surface area contributed by atoms with Gasteiger partial charge in [0.1, 0.15) is 7.40 Å². The first kappa shape index (κ1) is 13.0. The molecule has 0 atom stereocenters. The molecule has 0 saturated heterocycles. The van der Waals surface area contributed by atoms with Gasteiger partial charge in [-0.25, -0.2) is 13.8 Å². The highest BCUT2D eigenvalue weighted by molar-refractivity contribution is 14.1. The van der Waals surface area contributed by atoms with Gasteiger partial charge in [-0.05, 0) is 56.8 Å². The Hall–Kier alpha value is -0.0600. The molecule has 0 spiro atoms. The zero-order valence-electron chi connectivity index (χ0n) is 7.18.